The third kappa shape index (κ3) is 4.99. The summed E-state index contributed by atoms with van der Waals surface area (Å²) in [6.45, 7) is 12.9. The fourth-order valence-electron chi connectivity index (χ4n) is 3.23. The Balaban J connectivity index is 2.45. The predicted molar refractivity (Wildman–Crippen MR) is 77.2 cm³/mol. The highest BCUT2D eigenvalue weighted by Gasteiger charge is 2.29. The van der Waals surface area contributed by atoms with Gasteiger partial charge in [0.25, 0.3) is 0 Å². The Bertz CT molecular complexity index is 200. The van der Waals surface area contributed by atoms with Gasteiger partial charge in [-0.15, -0.1) is 0 Å². The molecule has 0 radical (unpaired) electrons. The maximum atomic E-state index is 3.74. The topological polar surface area (TPSA) is 12.0 Å². The third-order valence-electron chi connectivity index (χ3n) is 4.73. The summed E-state index contributed by atoms with van der Waals surface area (Å²) in [4.78, 5) is 0. The maximum Gasteiger partial charge on any atom is 0.00954 e. The quantitative estimate of drug-likeness (QED) is 0.721. The molecule has 0 heterocycles. The minimum absolute atomic E-state index is 0.775. The van der Waals surface area contributed by atoms with E-state index in [2.05, 4.69) is 39.9 Å². The molecular weight excluding hydrogens is 206 g/mol. The van der Waals surface area contributed by atoms with Gasteiger partial charge in [0.1, 0.15) is 0 Å². The van der Waals surface area contributed by atoms with Crippen molar-refractivity contribution in [1.82, 2.24) is 5.32 Å². The van der Waals surface area contributed by atoms with Gasteiger partial charge < -0.3 is 5.32 Å². The van der Waals surface area contributed by atoms with Crippen LogP contribution in [0.4, 0.5) is 0 Å². The first-order valence-corrected chi connectivity index (χ1v) is 7.77. The van der Waals surface area contributed by atoms with E-state index in [1.165, 1.54) is 32.1 Å². The van der Waals surface area contributed by atoms with Crippen LogP contribution < -0.4 is 5.32 Å². The van der Waals surface area contributed by atoms with Crippen molar-refractivity contribution < 1.29 is 0 Å². The second-order valence-electron chi connectivity index (χ2n) is 6.66. The van der Waals surface area contributed by atoms with Crippen molar-refractivity contribution >= 4 is 0 Å². The zero-order valence-electron chi connectivity index (χ0n) is 12.6. The molecule has 0 aromatic rings. The van der Waals surface area contributed by atoms with Crippen LogP contribution in [0.1, 0.15) is 66.7 Å². The summed E-state index contributed by atoms with van der Waals surface area (Å²) >= 11 is 0. The molecule has 1 saturated carbocycles. The van der Waals surface area contributed by atoms with Crippen LogP contribution in [0.15, 0.2) is 0 Å². The minimum atomic E-state index is 0.775. The Morgan fingerprint density at radius 3 is 2.29 bits per heavy atom. The maximum absolute atomic E-state index is 3.74. The van der Waals surface area contributed by atoms with E-state index in [0.29, 0.717) is 0 Å². The first-order chi connectivity index (χ1) is 8.04. The molecule has 0 saturated heterocycles. The largest absolute Gasteiger partial charge is 0.314 e. The van der Waals surface area contributed by atoms with Crippen LogP contribution in [0.25, 0.3) is 0 Å². The average molecular weight is 239 g/mol. The molecule has 1 aliphatic rings. The second-order valence-corrected chi connectivity index (χ2v) is 6.66. The summed E-state index contributed by atoms with van der Waals surface area (Å²) in [6, 6.07) is 0.775. The molecule has 1 heteroatoms. The van der Waals surface area contributed by atoms with Crippen LogP contribution in [0.2, 0.25) is 0 Å². The average Bonchev–Trinajstić information content (AvgIpc) is 2.28. The number of hydrogen-bond donors (Lipinski definition) is 1. The van der Waals surface area contributed by atoms with Gasteiger partial charge in [-0.1, -0.05) is 41.0 Å². The van der Waals surface area contributed by atoms with E-state index in [-0.39, 0.29) is 0 Å². The summed E-state index contributed by atoms with van der Waals surface area (Å²) in [7, 11) is 0. The van der Waals surface area contributed by atoms with Crippen molar-refractivity contribution in [2.45, 2.75) is 72.8 Å². The van der Waals surface area contributed by atoms with E-state index in [1.54, 1.807) is 0 Å². The van der Waals surface area contributed by atoms with Crippen molar-refractivity contribution in [3.05, 3.63) is 0 Å². The highest BCUT2D eigenvalue weighted by molar-refractivity contribution is 4.83. The van der Waals surface area contributed by atoms with Gasteiger partial charge in [-0.25, -0.2) is 0 Å². The standard InChI is InChI=1S/C16H33N/c1-6-17-16(10-7-12(2)3)15-9-8-13(4)14(5)11-15/h12-17H,6-11H2,1-5H3. The molecule has 4 atom stereocenters. The Morgan fingerprint density at radius 1 is 1.06 bits per heavy atom. The lowest BCUT2D eigenvalue weighted by Gasteiger charge is -2.37. The lowest BCUT2D eigenvalue weighted by molar-refractivity contribution is 0.164. The molecule has 0 spiro atoms. The molecule has 102 valence electrons. The van der Waals surface area contributed by atoms with Crippen molar-refractivity contribution in [1.29, 1.82) is 0 Å². The summed E-state index contributed by atoms with van der Waals surface area (Å²) < 4.78 is 0. The summed E-state index contributed by atoms with van der Waals surface area (Å²) in [5.41, 5.74) is 0. The molecule has 4 unspecified atom stereocenters. The molecule has 0 aliphatic heterocycles. The minimum Gasteiger partial charge on any atom is -0.314 e. The van der Waals surface area contributed by atoms with Crippen molar-refractivity contribution in [3.63, 3.8) is 0 Å². The smallest absolute Gasteiger partial charge is 0.00954 e. The monoisotopic (exact) mass is 239 g/mol. The molecule has 1 nitrogen and oxygen atoms in total. The molecule has 1 N–H and O–H groups in total. The molecule has 0 amide bonds. The molecule has 0 bridgehead atoms. The van der Waals surface area contributed by atoms with Gasteiger partial charge in [-0.05, 0) is 55.9 Å². The fourth-order valence-corrected chi connectivity index (χ4v) is 3.23. The van der Waals surface area contributed by atoms with Crippen LogP contribution in [-0.2, 0) is 0 Å². The first kappa shape index (κ1) is 15.0. The number of nitrogens with one attached hydrogen (secondary N) is 1. The van der Waals surface area contributed by atoms with Crippen molar-refractivity contribution in [3.8, 4) is 0 Å². The Labute approximate surface area is 109 Å². The van der Waals surface area contributed by atoms with Gasteiger partial charge in [0.05, 0.1) is 0 Å². The van der Waals surface area contributed by atoms with Crippen molar-refractivity contribution in [2.24, 2.45) is 23.7 Å². The zero-order chi connectivity index (χ0) is 12.8. The van der Waals surface area contributed by atoms with E-state index >= 15 is 0 Å². The highest BCUT2D eigenvalue weighted by Crippen LogP contribution is 2.36. The Hall–Kier alpha value is -0.0400. The van der Waals surface area contributed by atoms with Crippen molar-refractivity contribution in [2.75, 3.05) is 6.54 Å². The van der Waals surface area contributed by atoms with E-state index in [1.807, 2.05) is 0 Å². The van der Waals surface area contributed by atoms with E-state index in [4.69, 9.17) is 0 Å². The Morgan fingerprint density at radius 2 is 1.76 bits per heavy atom. The zero-order valence-corrected chi connectivity index (χ0v) is 12.6. The Kier molecular flexibility index (Phi) is 6.54. The molecule has 0 aromatic carbocycles. The molecule has 0 aromatic heterocycles. The van der Waals surface area contributed by atoms with Gasteiger partial charge in [0.15, 0.2) is 0 Å². The van der Waals surface area contributed by atoms with Gasteiger partial charge >= 0.3 is 0 Å². The van der Waals surface area contributed by atoms with E-state index in [0.717, 1.165) is 36.3 Å². The van der Waals surface area contributed by atoms with Gasteiger partial charge in [0.2, 0.25) is 0 Å². The second kappa shape index (κ2) is 7.41. The first-order valence-electron chi connectivity index (χ1n) is 7.77. The van der Waals surface area contributed by atoms with Crippen LogP contribution in [-0.4, -0.2) is 12.6 Å². The van der Waals surface area contributed by atoms with Gasteiger partial charge in [0, 0.05) is 6.04 Å². The normalized spacial score (nSPS) is 31.8. The van der Waals surface area contributed by atoms with Crippen LogP contribution >= 0.6 is 0 Å². The van der Waals surface area contributed by atoms with Crippen LogP contribution in [0.5, 0.6) is 0 Å². The number of hydrogen-bond acceptors (Lipinski definition) is 1. The SMILES string of the molecule is CCNC(CCC(C)C)C1CCC(C)C(C)C1. The van der Waals surface area contributed by atoms with Crippen LogP contribution in [0.3, 0.4) is 0 Å². The summed E-state index contributed by atoms with van der Waals surface area (Å²) in [5, 5.41) is 3.74. The third-order valence-corrected chi connectivity index (χ3v) is 4.73. The fraction of sp³-hybridized carbons (Fsp3) is 1.00. The lowest BCUT2D eigenvalue weighted by atomic mass is 9.72. The summed E-state index contributed by atoms with van der Waals surface area (Å²) in [5.74, 6) is 3.64. The highest BCUT2D eigenvalue weighted by atomic mass is 14.9. The molecular formula is C16H33N. The summed E-state index contributed by atoms with van der Waals surface area (Å²) in [6.07, 6.45) is 7.07. The van der Waals surface area contributed by atoms with Gasteiger partial charge in [-0.3, -0.25) is 0 Å². The predicted octanol–water partition coefficient (Wildman–Crippen LogP) is 4.47. The van der Waals surface area contributed by atoms with E-state index in [9.17, 15) is 0 Å². The molecule has 1 rings (SSSR count). The number of rotatable bonds is 6. The molecule has 1 fully saturated rings. The lowest BCUT2D eigenvalue weighted by Crippen LogP contribution is -2.39. The molecule has 17 heavy (non-hydrogen) atoms. The van der Waals surface area contributed by atoms with Gasteiger partial charge in [-0.2, -0.15) is 0 Å². The van der Waals surface area contributed by atoms with E-state index < -0.39 is 0 Å². The molecule has 1 aliphatic carbocycles. The van der Waals surface area contributed by atoms with Crippen LogP contribution in [0, 0.1) is 23.7 Å².